The molecule has 1 aliphatic heterocycles. The van der Waals surface area contributed by atoms with Crippen molar-refractivity contribution in [3.05, 3.63) is 29.8 Å². The summed E-state index contributed by atoms with van der Waals surface area (Å²) in [4.78, 5) is 25.2. The molecule has 6 heteroatoms. The highest BCUT2D eigenvalue weighted by Crippen LogP contribution is 2.61. The van der Waals surface area contributed by atoms with Crippen LogP contribution in [-0.2, 0) is 19.7 Å². The van der Waals surface area contributed by atoms with Crippen LogP contribution in [0.15, 0.2) is 24.3 Å². The largest absolute Gasteiger partial charge is 0.493 e. The zero-order chi connectivity index (χ0) is 19.4. The molecule has 0 radical (unpaired) electrons. The van der Waals surface area contributed by atoms with E-state index < -0.39 is 16.9 Å². The van der Waals surface area contributed by atoms with E-state index in [1.807, 2.05) is 45.0 Å². The van der Waals surface area contributed by atoms with Gasteiger partial charge in [-0.25, -0.2) is 4.79 Å². The lowest BCUT2D eigenvalue weighted by Crippen LogP contribution is -2.76. The molecule has 4 atom stereocenters. The number of hydrogen-bond acceptors (Lipinski definition) is 4. The first-order valence-corrected chi connectivity index (χ1v) is 9.68. The second-order valence-corrected chi connectivity index (χ2v) is 8.58. The Labute approximate surface area is 159 Å². The highest BCUT2D eigenvalue weighted by Gasteiger charge is 2.69. The fourth-order valence-electron chi connectivity index (χ4n) is 5.04. The highest BCUT2D eigenvalue weighted by atomic mass is 16.5. The lowest BCUT2D eigenvalue weighted by Gasteiger charge is -2.58. The number of carbonyl (C=O) groups is 2. The maximum atomic E-state index is 13.1. The van der Waals surface area contributed by atoms with E-state index in [1.54, 1.807) is 0 Å². The molecule has 2 aliphatic carbocycles. The Hall–Kier alpha value is -2.08. The van der Waals surface area contributed by atoms with Crippen LogP contribution in [0.4, 0.5) is 0 Å². The van der Waals surface area contributed by atoms with E-state index in [9.17, 15) is 14.7 Å². The minimum Gasteiger partial charge on any atom is -0.493 e. The van der Waals surface area contributed by atoms with Crippen LogP contribution >= 0.6 is 0 Å². The number of nitrogens with one attached hydrogen (secondary N) is 1. The average Bonchev–Trinajstić information content (AvgIpc) is 3.35. The van der Waals surface area contributed by atoms with Crippen LogP contribution < -0.4 is 10.1 Å². The van der Waals surface area contributed by atoms with Gasteiger partial charge >= 0.3 is 5.97 Å². The smallest absolute Gasteiger partial charge is 0.330 e. The number of hydrogen-bond donors (Lipinski definition) is 2. The number of ether oxygens (including phenoxy) is 2. The Bertz CT molecular complexity index is 791. The predicted octanol–water partition coefficient (Wildman–Crippen LogP) is 2.50. The molecule has 0 aromatic heterocycles. The van der Waals surface area contributed by atoms with Crippen molar-refractivity contribution >= 4 is 11.9 Å². The topological polar surface area (TPSA) is 84.9 Å². The first kappa shape index (κ1) is 18.3. The van der Waals surface area contributed by atoms with Crippen molar-refractivity contribution in [1.29, 1.82) is 0 Å². The number of fused-ring (bicyclic) bond motifs is 2. The molecular weight excluding hydrogens is 346 g/mol. The molecular formula is C21H27NO5. The molecule has 146 valence electrons. The summed E-state index contributed by atoms with van der Waals surface area (Å²) >= 11 is 0. The summed E-state index contributed by atoms with van der Waals surface area (Å²) in [5, 5.41) is 12.8. The van der Waals surface area contributed by atoms with Crippen LogP contribution in [-0.4, -0.2) is 41.8 Å². The van der Waals surface area contributed by atoms with Gasteiger partial charge in [-0.05, 0) is 25.8 Å². The predicted molar refractivity (Wildman–Crippen MR) is 98.7 cm³/mol. The molecule has 2 fully saturated rings. The second-order valence-electron chi connectivity index (χ2n) is 8.58. The summed E-state index contributed by atoms with van der Waals surface area (Å²) in [7, 11) is 0. The number of amides is 1. The monoisotopic (exact) mass is 373 g/mol. The molecule has 6 nitrogen and oxygen atoms in total. The van der Waals surface area contributed by atoms with Gasteiger partial charge in [-0.1, -0.05) is 32.0 Å². The Balaban J connectivity index is 1.55. The van der Waals surface area contributed by atoms with E-state index in [4.69, 9.17) is 9.47 Å². The first-order chi connectivity index (χ1) is 12.8. The van der Waals surface area contributed by atoms with Gasteiger partial charge in [-0.2, -0.15) is 0 Å². The number of para-hydroxylation sites is 1. The van der Waals surface area contributed by atoms with Gasteiger partial charge in [0.25, 0.3) is 0 Å². The molecule has 4 rings (SSSR count). The second kappa shape index (κ2) is 5.96. The van der Waals surface area contributed by atoms with Gasteiger partial charge in [0.05, 0.1) is 12.7 Å². The van der Waals surface area contributed by atoms with Crippen LogP contribution in [0.3, 0.4) is 0 Å². The van der Waals surface area contributed by atoms with E-state index in [0.29, 0.717) is 19.6 Å². The number of benzene rings is 1. The molecule has 1 aromatic rings. The number of carbonyl (C=O) groups excluding carboxylic acids is 1. The fourth-order valence-corrected chi connectivity index (χ4v) is 5.04. The van der Waals surface area contributed by atoms with Crippen molar-refractivity contribution in [2.24, 2.45) is 11.3 Å². The van der Waals surface area contributed by atoms with E-state index >= 15 is 0 Å². The lowest BCUT2D eigenvalue weighted by atomic mass is 9.54. The van der Waals surface area contributed by atoms with E-state index in [2.05, 4.69) is 5.32 Å². The van der Waals surface area contributed by atoms with Crippen molar-refractivity contribution in [2.45, 2.75) is 57.1 Å². The third kappa shape index (κ3) is 2.42. The Morgan fingerprint density at radius 2 is 2.04 bits per heavy atom. The van der Waals surface area contributed by atoms with Crippen LogP contribution in [0.5, 0.6) is 5.75 Å². The zero-order valence-corrected chi connectivity index (χ0v) is 16.1. The molecule has 3 aliphatic rings. The van der Waals surface area contributed by atoms with E-state index in [0.717, 1.165) is 24.2 Å². The lowest BCUT2D eigenvalue weighted by molar-refractivity contribution is -0.195. The molecule has 1 aromatic carbocycles. The first-order valence-electron chi connectivity index (χ1n) is 9.68. The summed E-state index contributed by atoms with van der Waals surface area (Å²) < 4.78 is 11.4. The number of carboxylic acids is 1. The van der Waals surface area contributed by atoms with Gasteiger partial charge in [0.15, 0.2) is 0 Å². The van der Waals surface area contributed by atoms with Gasteiger partial charge < -0.3 is 19.9 Å². The minimum absolute atomic E-state index is 0.169. The summed E-state index contributed by atoms with van der Waals surface area (Å²) in [5.74, 6) is -0.524. The van der Waals surface area contributed by atoms with E-state index in [-0.39, 0.29) is 23.3 Å². The standard InChI is InChI=1S/C21H27NO5/c1-4-26-16-12-21(18(24)25,19(16,2)3)22-17(23)14-11-20(14)9-10-27-15-8-6-5-7-13(15)20/h5-8,14,16H,4,9-12H2,1-3H3,(H,22,23)(H,24,25)/t14-,16?,20-,21?/m0/s1. The highest BCUT2D eigenvalue weighted by molar-refractivity contribution is 5.92. The maximum absolute atomic E-state index is 13.1. The maximum Gasteiger partial charge on any atom is 0.330 e. The summed E-state index contributed by atoms with van der Waals surface area (Å²) in [6.07, 6.45) is 1.65. The molecule has 1 spiro atoms. The Kier molecular flexibility index (Phi) is 4.04. The fraction of sp³-hybridized carbons (Fsp3) is 0.619. The molecule has 2 unspecified atom stereocenters. The average molecular weight is 373 g/mol. The third-order valence-corrected chi connectivity index (χ3v) is 7.09. The van der Waals surface area contributed by atoms with Crippen molar-refractivity contribution in [3.8, 4) is 5.75 Å². The van der Waals surface area contributed by atoms with Crippen molar-refractivity contribution < 1.29 is 24.2 Å². The molecule has 0 bridgehead atoms. The van der Waals surface area contributed by atoms with Gasteiger partial charge in [0.2, 0.25) is 5.91 Å². The minimum atomic E-state index is -1.28. The summed E-state index contributed by atoms with van der Waals surface area (Å²) in [6, 6.07) is 7.85. The number of aliphatic carboxylic acids is 1. The quantitative estimate of drug-likeness (QED) is 0.828. The van der Waals surface area contributed by atoms with Crippen LogP contribution in [0, 0.1) is 11.3 Å². The van der Waals surface area contributed by atoms with Crippen molar-refractivity contribution in [1.82, 2.24) is 5.32 Å². The molecule has 1 heterocycles. The SMILES string of the molecule is CCOC1CC(NC(=O)[C@@H]2C[C@]23CCOc2ccccc23)(C(=O)O)C1(C)C. The summed E-state index contributed by atoms with van der Waals surface area (Å²) in [6.45, 7) is 6.73. The molecule has 1 amide bonds. The number of carboxylic acid groups (broad SMARTS) is 1. The Morgan fingerprint density at radius 1 is 1.30 bits per heavy atom. The van der Waals surface area contributed by atoms with Crippen LogP contribution in [0.2, 0.25) is 0 Å². The van der Waals surface area contributed by atoms with Gasteiger partial charge in [-0.3, -0.25) is 4.79 Å². The Morgan fingerprint density at radius 3 is 2.70 bits per heavy atom. The van der Waals surface area contributed by atoms with Crippen LogP contribution in [0.1, 0.15) is 45.6 Å². The van der Waals surface area contributed by atoms with Gasteiger partial charge in [0, 0.05) is 35.3 Å². The normalized spacial score (nSPS) is 35.5. The third-order valence-electron chi connectivity index (χ3n) is 7.09. The molecule has 0 saturated heterocycles. The van der Waals surface area contributed by atoms with Crippen LogP contribution in [0.25, 0.3) is 0 Å². The van der Waals surface area contributed by atoms with Gasteiger partial charge in [0.1, 0.15) is 11.3 Å². The van der Waals surface area contributed by atoms with Crippen molar-refractivity contribution in [2.75, 3.05) is 13.2 Å². The van der Waals surface area contributed by atoms with Crippen molar-refractivity contribution in [3.63, 3.8) is 0 Å². The number of rotatable bonds is 5. The molecule has 27 heavy (non-hydrogen) atoms. The molecule has 2 N–H and O–H groups in total. The molecule has 2 saturated carbocycles. The zero-order valence-electron chi connectivity index (χ0n) is 16.1. The van der Waals surface area contributed by atoms with E-state index in [1.165, 1.54) is 0 Å². The van der Waals surface area contributed by atoms with Gasteiger partial charge in [-0.15, -0.1) is 0 Å². The summed E-state index contributed by atoms with van der Waals surface area (Å²) in [5.41, 5.74) is -1.09.